The molecule has 0 aliphatic carbocycles. The van der Waals surface area contributed by atoms with Crippen molar-refractivity contribution in [2.45, 2.75) is 65.0 Å². The zero-order valence-corrected chi connectivity index (χ0v) is 15.6. The smallest absolute Gasteiger partial charge is 0.414 e. The number of unbranched alkanes of at least 4 members (excludes halogenated alkanes) is 1. The molecule has 0 radical (unpaired) electrons. The zero-order valence-electron chi connectivity index (χ0n) is 15.6. The Morgan fingerprint density at radius 3 is 2.65 bits per heavy atom. The molecule has 0 spiro atoms. The third-order valence-corrected chi connectivity index (χ3v) is 4.46. The van der Waals surface area contributed by atoms with Gasteiger partial charge in [0.15, 0.2) is 5.78 Å². The van der Waals surface area contributed by atoms with Crippen molar-refractivity contribution in [3.8, 4) is 0 Å². The van der Waals surface area contributed by atoms with Crippen LogP contribution in [-0.2, 0) is 20.9 Å². The van der Waals surface area contributed by atoms with Gasteiger partial charge in [-0.25, -0.2) is 4.79 Å². The van der Waals surface area contributed by atoms with Crippen LogP contribution < -0.4 is 0 Å². The molecule has 5 nitrogen and oxygen atoms in total. The van der Waals surface area contributed by atoms with Crippen LogP contribution in [-0.4, -0.2) is 28.6 Å². The predicted molar refractivity (Wildman–Crippen MR) is 99.4 cm³/mol. The number of Topliss-reactive ketones (excluding diaryl/α,β-unsaturated/α-hetero) is 2. The standard InChI is InChI=1S/C21H27NO4/c1-3-4-12-18-14-20(24)19(13-8-9-16(2)23)22(18)21(25)26-15-17-10-6-5-7-11-17/h5-7,10-11,13,18H,3-4,8-9,12,14-15H2,1-2H3/b19-13+/t18-/m1/s1. The van der Waals surface area contributed by atoms with Crippen molar-refractivity contribution in [1.29, 1.82) is 0 Å². The molecule has 1 aromatic carbocycles. The lowest BCUT2D eigenvalue weighted by atomic mass is 10.1. The number of ketones is 2. The number of rotatable bonds is 8. The van der Waals surface area contributed by atoms with E-state index in [1.165, 1.54) is 11.8 Å². The highest BCUT2D eigenvalue weighted by Gasteiger charge is 2.39. The highest BCUT2D eigenvalue weighted by atomic mass is 16.6. The number of carbonyl (C=O) groups is 3. The molecule has 140 valence electrons. The molecule has 0 bridgehead atoms. The van der Waals surface area contributed by atoms with Crippen molar-refractivity contribution < 1.29 is 19.1 Å². The Hall–Kier alpha value is -2.43. The van der Waals surface area contributed by atoms with Crippen molar-refractivity contribution in [3.63, 3.8) is 0 Å². The van der Waals surface area contributed by atoms with Crippen molar-refractivity contribution in [3.05, 3.63) is 47.7 Å². The van der Waals surface area contributed by atoms with Gasteiger partial charge in [0.1, 0.15) is 12.4 Å². The first kappa shape index (κ1) is 19.9. The molecule has 0 N–H and O–H groups in total. The second kappa shape index (κ2) is 9.90. The average molecular weight is 357 g/mol. The van der Waals surface area contributed by atoms with Gasteiger partial charge in [-0.05, 0) is 25.3 Å². The average Bonchev–Trinajstić information content (AvgIpc) is 2.94. The summed E-state index contributed by atoms with van der Waals surface area (Å²) in [6, 6.07) is 9.30. The Labute approximate surface area is 155 Å². The van der Waals surface area contributed by atoms with E-state index in [0.717, 1.165) is 24.8 Å². The molecule has 1 saturated heterocycles. The van der Waals surface area contributed by atoms with Crippen molar-refractivity contribution in [2.75, 3.05) is 0 Å². The second-order valence-corrected chi connectivity index (χ2v) is 6.66. The number of nitrogens with zero attached hydrogens (tertiary/aromatic N) is 1. The van der Waals surface area contributed by atoms with Gasteiger partial charge in [-0.2, -0.15) is 0 Å². The summed E-state index contributed by atoms with van der Waals surface area (Å²) >= 11 is 0. The minimum atomic E-state index is -0.491. The quantitative estimate of drug-likeness (QED) is 0.647. The normalized spacial score (nSPS) is 18.4. The van der Waals surface area contributed by atoms with E-state index in [9.17, 15) is 14.4 Å². The van der Waals surface area contributed by atoms with Crippen LogP contribution in [0, 0.1) is 0 Å². The predicted octanol–water partition coefficient (Wildman–Crippen LogP) is 4.41. The molecule has 1 atom stereocenters. The zero-order chi connectivity index (χ0) is 18.9. The lowest BCUT2D eigenvalue weighted by molar-refractivity contribution is -0.117. The third kappa shape index (κ3) is 5.55. The Morgan fingerprint density at radius 2 is 2.00 bits per heavy atom. The summed E-state index contributed by atoms with van der Waals surface area (Å²) in [7, 11) is 0. The van der Waals surface area contributed by atoms with Crippen molar-refractivity contribution in [2.24, 2.45) is 0 Å². The molecule has 5 heteroatoms. The maximum absolute atomic E-state index is 12.7. The van der Waals surface area contributed by atoms with Crippen LogP contribution in [0.3, 0.4) is 0 Å². The van der Waals surface area contributed by atoms with E-state index in [0.29, 0.717) is 25.0 Å². The van der Waals surface area contributed by atoms with Gasteiger partial charge in [0, 0.05) is 18.9 Å². The highest BCUT2D eigenvalue weighted by molar-refractivity contribution is 6.01. The van der Waals surface area contributed by atoms with Gasteiger partial charge >= 0.3 is 6.09 Å². The number of hydrogen-bond donors (Lipinski definition) is 0. The summed E-state index contributed by atoms with van der Waals surface area (Å²) in [5.41, 5.74) is 1.28. The van der Waals surface area contributed by atoms with Gasteiger partial charge < -0.3 is 9.53 Å². The van der Waals surface area contributed by atoms with Gasteiger partial charge in [0.25, 0.3) is 0 Å². The van der Waals surface area contributed by atoms with Crippen LogP contribution in [0.25, 0.3) is 0 Å². The molecule has 0 aromatic heterocycles. The van der Waals surface area contributed by atoms with Gasteiger partial charge in [-0.15, -0.1) is 0 Å². The van der Waals surface area contributed by atoms with Gasteiger partial charge in [-0.3, -0.25) is 9.69 Å². The molecular formula is C21H27NO4. The summed E-state index contributed by atoms with van der Waals surface area (Å²) in [4.78, 5) is 37.8. The molecule has 1 fully saturated rings. The summed E-state index contributed by atoms with van der Waals surface area (Å²) in [6.45, 7) is 3.77. The molecule has 1 aromatic rings. The van der Waals surface area contributed by atoms with Crippen LogP contribution in [0.1, 0.15) is 57.9 Å². The summed E-state index contributed by atoms with van der Waals surface area (Å²) in [5.74, 6) is 0.0133. The molecule has 1 aliphatic rings. The van der Waals surface area contributed by atoms with Crippen LogP contribution >= 0.6 is 0 Å². The SMILES string of the molecule is CCCC[C@@H]1CC(=O)/C(=C\CCC(C)=O)N1C(=O)OCc1ccccc1. The Morgan fingerprint density at radius 1 is 1.27 bits per heavy atom. The maximum Gasteiger partial charge on any atom is 0.414 e. The highest BCUT2D eigenvalue weighted by Crippen LogP contribution is 2.29. The fourth-order valence-electron chi connectivity index (χ4n) is 3.07. The summed E-state index contributed by atoms with van der Waals surface area (Å²) < 4.78 is 5.46. The van der Waals surface area contributed by atoms with Crippen molar-refractivity contribution >= 4 is 17.7 Å². The first-order valence-corrected chi connectivity index (χ1v) is 9.25. The first-order chi connectivity index (χ1) is 12.5. The Balaban J connectivity index is 2.10. The van der Waals surface area contributed by atoms with E-state index in [1.807, 2.05) is 30.3 Å². The maximum atomic E-state index is 12.7. The molecule has 2 rings (SSSR count). The van der Waals surface area contributed by atoms with Crippen LogP contribution in [0.15, 0.2) is 42.1 Å². The number of likely N-dealkylation sites (tertiary alicyclic amines) is 1. The van der Waals surface area contributed by atoms with E-state index >= 15 is 0 Å². The summed E-state index contributed by atoms with van der Waals surface area (Å²) in [6.07, 6.45) is 5.08. The third-order valence-electron chi connectivity index (χ3n) is 4.46. The molecule has 1 aliphatic heterocycles. The summed E-state index contributed by atoms with van der Waals surface area (Å²) in [5, 5.41) is 0. The largest absolute Gasteiger partial charge is 0.444 e. The first-order valence-electron chi connectivity index (χ1n) is 9.25. The number of amides is 1. The number of carbonyl (C=O) groups excluding carboxylic acids is 3. The lowest BCUT2D eigenvalue weighted by Gasteiger charge is -2.24. The van der Waals surface area contributed by atoms with Gasteiger partial charge in [-0.1, -0.05) is 56.2 Å². The topological polar surface area (TPSA) is 63.7 Å². The molecule has 0 saturated carbocycles. The van der Waals surface area contributed by atoms with E-state index in [1.54, 1.807) is 6.08 Å². The molecule has 0 unspecified atom stereocenters. The fourth-order valence-corrected chi connectivity index (χ4v) is 3.07. The van der Waals surface area contributed by atoms with Gasteiger partial charge in [0.2, 0.25) is 0 Å². The number of allylic oxidation sites excluding steroid dienone is 2. The Kier molecular flexibility index (Phi) is 7.57. The Bertz CT molecular complexity index is 666. The molecule has 1 amide bonds. The lowest BCUT2D eigenvalue weighted by Crippen LogP contribution is -2.35. The second-order valence-electron chi connectivity index (χ2n) is 6.66. The minimum Gasteiger partial charge on any atom is -0.444 e. The van der Waals surface area contributed by atoms with E-state index in [4.69, 9.17) is 4.74 Å². The number of hydrogen-bond acceptors (Lipinski definition) is 4. The van der Waals surface area contributed by atoms with Gasteiger partial charge in [0.05, 0.1) is 5.70 Å². The minimum absolute atomic E-state index is 0.0497. The van der Waals surface area contributed by atoms with E-state index in [2.05, 4.69) is 6.92 Å². The van der Waals surface area contributed by atoms with Crippen LogP contribution in [0.2, 0.25) is 0 Å². The number of benzene rings is 1. The van der Waals surface area contributed by atoms with Crippen LogP contribution in [0.4, 0.5) is 4.79 Å². The molecular weight excluding hydrogens is 330 g/mol. The van der Waals surface area contributed by atoms with E-state index in [-0.39, 0.29) is 24.2 Å². The van der Waals surface area contributed by atoms with Crippen molar-refractivity contribution in [1.82, 2.24) is 4.90 Å². The van der Waals surface area contributed by atoms with E-state index < -0.39 is 6.09 Å². The monoisotopic (exact) mass is 357 g/mol. The number of ether oxygens (including phenoxy) is 1. The van der Waals surface area contributed by atoms with Crippen LogP contribution in [0.5, 0.6) is 0 Å². The molecule has 1 heterocycles. The molecule has 26 heavy (non-hydrogen) atoms. The fraction of sp³-hybridized carbons (Fsp3) is 0.476.